The topological polar surface area (TPSA) is 64.0 Å². The molecule has 0 aliphatic carbocycles. The average Bonchev–Trinajstić information content (AvgIpc) is 3.10. The molecule has 1 N–H and O–H groups in total. The fourth-order valence-electron chi connectivity index (χ4n) is 2.77. The monoisotopic (exact) mass is 457 g/mol. The molecule has 2 aromatic carbocycles. The molecule has 3 rings (SSSR count). The summed E-state index contributed by atoms with van der Waals surface area (Å²) in [5.41, 5.74) is -1.12. The van der Waals surface area contributed by atoms with Crippen LogP contribution in [0.3, 0.4) is 0 Å². The van der Waals surface area contributed by atoms with Crippen molar-refractivity contribution in [2.24, 2.45) is 0 Å². The maximum Gasteiger partial charge on any atom is 0.416 e. The average molecular weight is 458 g/mol. The third-order valence-electron chi connectivity index (χ3n) is 4.24. The summed E-state index contributed by atoms with van der Waals surface area (Å²) >= 11 is 5.96. The van der Waals surface area contributed by atoms with Crippen LogP contribution in [0.1, 0.15) is 32.0 Å². The standard InChI is InChI=1S/C20H19ClF3N3O2S/c1-19(2,3)18-17(12-27(25-18)14-7-5-4-6-8-14)30(28,29)26-16-11-13(20(22,23)24)9-10-15(16)21/h4-12,26H,1-3H3. The van der Waals surface area contributed by atoms with Crippen LogP contribution >= 0.6 is 11.6 Å². The number of halogens is 4. The first-order valence-electron chi connectivity index (χ1n) is 8.84. The van der Waals surface area contributed by atoms with E-state index in [0.29, 0.717) is 11.8 Å². The number of nitrogens with one attached hydrogen (secondary N) is 1. The van der Waals surface area contributed by atoms with E-state index in [1.54, 1.807) is 45.0 Å². The second-order valence-electron chi connectivity index (χ2n) is 7.67. The van der Waals surface area contributed by atoms with Gasteiger partial charge in [0.2, 0.25) is 0 Å². The van der Waals surface area contributed by atoms with Gasteiger partial charge in [0.15, 0.2) is 0 Å². The first-order valence-corrected chi connectivity index (χ1v) is 10.7. The molecule has 0 saturated heterocycles. The normalized spacial score (nSPS) is 12.8. The van der Waals surface area contributed by atoms with E-state index >= 15 is 0 Å². The molecule has 0 saturated carbocycles. The highest BCUT2D eigenvalue weighted by Gasteiger charge is 2.33. The first kappa shape index (κ1) is 22.2. The molecule has 3 aromatic rings. The van der Waals surface area contributed by atoms with E-state index in [2.05, 4.69) is 9.82 Å². The highest BCUT2D eigenvalue weighted by molar-refractivity contribution is 7.92. The summed E-state index contributed by atoms with van der Waals surface area (Å²) in [5.74, 6) is 0. The minimum atomic E-state index is -4.64. The molecule has 0 aliphatic heterocycles. The van der Waals surface area contributed by atoms with E-state index in [1.807, 2.05) is 6.07 Å². The Bertz CT molecular complexity index is 1170. The Labute approximate surface area is 177 Å². The molecular formula is C20H19ClF3N3O2S. The van der Waals surface area contributed by atoms with Crippen molar-refractivity contribution in [3.05, 3.63) is 71.0 Å². The van der Waals surface area contributed by atoms with Gasteiger partial charge in [-0.3, -0.25) is 4.72 Å². The van der Waals surface area contributed by atoms with Crippen molar-refractivity contribution in [1.82, 2.24) is 9.78 Å². The summed E-state index contributed by atoms with van der Waals surface area (Å²) in [5, 5.41) is 4.27. The number of aromatic nitrogens is 2. The van der Waals surface area contributed by atoms with Gasteiger partial charge in [0.25, 0.3) is 10.0 Å². The Morgan fingerprint density at radius 1 is 1.03 bits per heavy atom. The lowest BCUT2D eigenvalue weighted by atomic mass is 9.92. The Kier molecular flexibility index (Phi) is 5.64. The number of benzene rings is 2. The van der Waals surface area contributed by atoms with Gasteiger partial charge >= 0.3 is 6.18 Å². The molecule has 1 aromatic heterocycles. The number of rotatable bonds is 4. The smallest absolute Gasteiger partial charge is 0.278 e. The van der Waals surface area contributed by atoms with Crippen molar-refractivity contribution in [2.75, 3.05) is 4.72 Å². The zero-order valence-electron chi connectivity index (χ0n) is 16.3. The molecule has 0 aliphatic rings. The quantitative estimate of drug-likeness (QED) is 0.551. The van der Waals surface area contributed by atoms with Crippen LogP contribution in [0.25, 0.3) is 5.69 Å². The maximum atomic E-state index is 13.1. The van der Waals surface area contributed by atoms with Crippen LogP contribution in [0.2, 0.25) is 5.02 Å². The minimum absolute atomic E-state index is 0.146. The number of hydrogen-bond acceptors (Lipinski definition) is 3. The molecule has 30 heavy (non-hydrogen) atoms. The summed E-state index contributed by atoms with van der Waals surface area (Å²) in [6, 6.07) is 11.3. The molecule has 0 atom stereocenters. The van der Waals surface area contributed by atoms with Crippen LogP contribution in [0.4, 0.5) is 18.9 Å². The molecule has 5 nitrogen and oxygen atoms in total. The summed E-state index contributed by atoms with van der Waals surface area (Å²) in [6.45, 7) is 5.38. The van der Waals surface area contributed by atoms with Gasteiger partial charge in [-0.25, -0.2) is 13.1 Å². The van der Waals surface area contributed by atoms with Crippen LogP contribution in [-0.2, 0) is 21.6 Å². The van der Waals surface area contributed by atoms with Crippen LogP contribution in [0.15, 0.2) is 59.6 Å². The second-order valence-corrected chi connectivity index (χ2v) is 9.73. The Balaban J connectivity index is 2.10. The summed E-state index contributed by atoms with van der Waals surface area (Å²) in [7, 11) is -4.28. The van der Waals surface area contributed by atoms with Crippen molar-refractivity contribution < 1.29 is 21.6 Å². The number of anilines is 1. The number of alkyl halides is 3. The van der Waals surface area contributed by atoms with Crippen LogP contribution in [0, 0.1) is 0 Å². The third-order valence-corrected chi connectivity index (χ3v) is 5.94. The lowest BCUT2D eigenvalue weighted by Gasteiger charge is -2.18. The molecule has 0 spiro atoms. The van der Waals surface area contributed by atoms with E-state index in [0.717, 1.165) is 12.1 Å². The lowest BCUT2D eigenvalue weighted by molar-refractivity contribution is -0.137. The van der Waals surface area contributed by atoms with E-state index in [4.69, 9.17) is 11.6 Å². The van der Waals surface area contributed by atoms with E-state index < -0.39 is 27.2 Å². The van der Waals surface area contributed by atoms with E-state index in [9.17, 15) is 21.6 Å². The van der Waals surface area contributed by atoms with E-state index in [-0.39, 0.29) is 21.3 Å². The summed E-state index contributed by atoms with van der Waals surface area (Å²) in [4.78, 5) is -0.146. The highest BCUT2D eigenvalue weighted by Crippen LogP contribution is 2.36. The van der Waals surface area contributed by atoms with Gasteiger partial charge in [-0.1, -0.05) is 50.6 Å². The van der Waals surface area contributed by atoms with Crippen LogP contribution in [0.5, 0.6) is 0 Å². The van der Waals surface area contributed by atoms with Gasteiger partial charge in [-0.05, 0) is 30.3 Å². The van der Waals surface area contributed by atoms with E-state index in [1.165, 1.54) is 10.9 Å². The van der Waals surface area contributed by atoms with Gasteiger partial charge in [0.1, 0.15) is 4.90 Å². The number of hydrogen-bond donors (Lipinski definition) is 1. The molecular weight excluding hydrogens is 439 g/mol. The molecule has 0 radical (unpaired) electrons. The fourth-order valence-corrected chi connectivity index (χ4v) is 4.40. The molecule has 0 fully saturated rings. The van der Waals surface area contributed by atoms with Crippen LogP contribution in [-0.4, -0.2) is 18.2 Å². The van der Waals surface area contributed by atoms with Crippen molar-refractivity contribution in [1.29, 1.82) is 0 Å². The SMILES string of the molecule is CC(C)(C)c1nn(-c2ccccc2)cc1S(=O)(=O)Nc1cc(C(F)(F)F)ccc1Cl. The molecule has 1 heterocycles. The molecule has 0 bridgehead atoms. The molecule has 10 heteroatoms. The number of nitrogens with zero attached hydrogens (tertiary/aromatic N) is 2. The number of sulfonamides is 1. The summed E-state index contributed by atoms with van der Waals surface area (Å²) in [6.07, 6.45) is -3.31. The largest absolute Gasteiger partial charge is 0.416 e. The van der Waals surface area contributed by atoms with Crippen molar-refractivity contribution in [3.63, 3.8) is 0 Å². The van der Waals surface area contributed by atoms with Crippen molar-refractivity contribution in [2.45, 2.75) is 37.3 Å². The van der Waals surface area contributed by atoms with Crippen molar-refractivity contribution >= 4 is 27.3 Å². The first-order chi connectivity index (χ1) is 13.8. The van der Waals surface area contributed by atoms with Crippen LogP contribution < -0.4 is 4.72 Å². The highest BCUT2D eigenvalue weighted by atomic mass is 35.5. The molecule has 160 valence electrons. The van der Waals surface area contributed by atoms with Gasteiger partial charge in [0.05, 0.1) is 33.9 Å². The maximum absolute atomic E-state index is 13.1. The zero-order valence-corrected chi connectivity index (χ0v) is 17.9. The molecule has 0 amide bonds. The zero-order chi connectivity index (χ0) is 22.3. The lowest BCUT2D eigenvalue weighted by Crippen LogP contribution is -2.20. The Morgan fingerprint density at radius 3 is 2.23 bits per heavy atom. The Morgan fingerprint density at radius 2 is 1.67 bits per heavy atom. The van der Waals surface area contributed by atoms with Gasteiger partial charge in [0, 0.05) is 5.41 Å². The third kappa shape index (κ3) is 4.62. The summed E-state index contributed by atoms with van der Waals surface area (Å²) < 4.78 is 68.9. The molecule has 0 unspecified atom stereocenters. The van der Waals surface area contributed by atoms with Crippen molar-refractivity contribution in [3.8, 4) is 5.69 Å². The van der Waals surface area contributed by atoms with Gasteiger partial charge < -0.3 is 0 Å². The predicted octanol–water partition coefficient (Wildman–Crippen LogP) is 5.64. The predicted molar refractivity (Wildman–Crippen MR) is 110 cm³/mol. The van der Waals surface area contributed by atoms with Gasteiger partial charge in [-0.15, -0.1) is 0 Å². The Hall–Kier alpha value is -2.52. The fraction of sp³-hybridized carbons (Fsp3) is 0.250. The number of para-hydroxylation sites is 1. The second kappa shape index (κ2) is 7.63. The minimum Gasteiger partial charge on any atom is -0.278 e. The van der Waals surface area contributed by atoms with Gasteiger partial charge in [-0.2, -0.15) is 18.3 Å².